The number of carbonyl (C=O) groups is 1. The number of ether oxygens (including phenoxy) is 2. The van der Waals surface area contributed by atoms with E-state index in [4.69, 9.17) is 9.47 Å². The van der Waals surface area contributed by atoms with Crippen molar-refractivity contribution in [2.45, 2.75) is 27.2 Å². The minimum absolute atomic E-state index is 0.230. The maximum atomic E-state index is 12.9. The molecule has 0 atom stereocenters. The number of fused-ring (bicyclic) bond motifs is 1. The summed E-state index contributed by atoms with van der Waals surface area (Å²) in [6.07, 6.45) is 2.45. The molecule has 5 rings (SSSR count). The summed E-state index contributed by atoms with van der Waals surface area (Å²) in [5.41, 5.74) is 3.97. The average molecular weight is 618 g/mol. The van der Waals surface area contributed by atoms with Crippen LogP contribution >= 0.6 is 27.3 Å². The van der Waals surface area contributed by atoms with Gasteiger partial charge in [0.1, 0.15) is 28.5 Å². The van der Waals surface area contributed by atoms with Gasteiger partial charge in [-0.1, -0.05) is 53.2 Å². The summed E-state index contributed by atoms with van der Waals surface area (Å²) < 4.78 is 13.0. The molecule has 1 amide bonds. The van der Waals surface area contributed by atoms with E-state index in [0.717, 1.165) is 32.2 Å². The fourth-order valence-corrected chi connectivity index (χ4v) is 5.83. The molecule has 0 saturated carbocycles. The molecule has 0 saturated heterocycles. The maximum Gasteiger partial charge on any atom is 0.255 e. The number of aryl methyl sites for hydroxylation is 1. The van der Waals surface area contributed by atoms with Gasteiger partial charge in [0.05, 0.1) is 30.0 Å². The highest BCUT2D eigenvalue weighted by Gasteiger charge is 2.21. The van der Waals surface area contributed by atoms with E-state index in [2.05, 4.69) is 55.6 Å². The first-order valence-electron chi connectivity index (χ1n) is 13.1. The Bertz CT molecular complexity index is 1640. The van der Waals surface area contributed by atoms with Gasteiger partial charge < -0.3 is 20.1 Å². The minimum atomic E-state index is -0.230. The Hall–Kier alpha value is -3.95. The van der Waals surface area contributed by atoms with Crippen LogP contribution in [0.5, 0.6) is 11.5 Å². The van der Waals surface area contributed by atoms with Crippen LogP contribution in [0.15, 0.2) is 77.5 Å². The van der Waals surface area contributed by atoms with Crippen LogP contribution in [0.1, 0.15) is 36.0 Å². The molecule has 5 aromatic rings. The second kappa shape index (κ2) is 12.5. The van der Waals surface area contributed by atoms with Crippen molar-refractivity contribution in [1.29, 1.82) is 0 Å². The number of benzene rings is 3. The van der Waals surface area contributed by atoms with Crippen molar-refractivity contribution in [3.8, 4) is 22.6 Å². The Morgan fingerprint density at radius 3 is 2.25 bits per heavy atom. The smallest absolute Gasteiger partial charge is 0.255 e. The van der Waals surface area contributed by atoms with Crippen LogP contribution in [0.25, 0.3) is 21.3 Å². The summed E-state index contributed by atoms with van der Waals surface area (Å²) in [5.74, 6) is 1.53. The molecule has 0 aliphatic rings. The number of rotatable bonds is 10. The van der Waals surface area contributed by atoms with Crippen LogP contribution in [-0.4, -0.2) is 29.1 Å². The number of amides is 1. The monoisotopic (exact) mass is 616 g/mol. The lowest BCUT2D eigenvalue weighted by Gasteiger charge is -2.18. The summed E-state index contributed by atoms with van der Waals surface area (Å²) >= 11 is 5.22. The van der Waals surface area contributed by atoms with Gasteiger partial charge in [0, 0.05) is 32.6 Å². The lowest BCUT2D eigenvalue weighted by Crippen LogP contribution is -2.13. The largest absolute Gasteiger partial charge is 0.492 e. The molecule has 40 heavy (non-hydrogen) atoms. The number of carbonyl (C=O) groups excluding carboxylic acids is 1. The van der Waals surface area contributed by atoms with Crippen LogP contribution in [0, 0.1) is 0 Å². The van der Waals surface area contributed by atoms with Crippen molar-refractivity contribution in [2.75, 3.05) is 23.8 Å². The molecular formula is C31H29BrN4O3S. The molecule has 0 spiro atoms. The second-order valence-electron chi connectivity index (χ2n) is 8.82. The van der Waals surface area contributed by atoms with Gasteiger partial charge in [-0.05, 0) is 50.1 Å². The molecule has 2 aromatic heterocycles. The molecule has 2 heterocycles. The lowest BCUT2D eigenvalue weighted by molar-refractivity contribution is 0.102. The number of hydrogen-bond acceptors (Lipinski definition) is 7. The van der Waals surface area contributed by atoms with E-state index in [1.165, 1.54) is 4.88 Å². The zero-order chi connectivity index (χ0) is 28.1. The van der Waals surface area contributed by atoms with Crippen LogP contribution in [0.3, 0.4) is 0 Å². The number of anilines is 3. The molecule has 0 unspecified atom stereocenters. The zero-order valence-electron chi connectivity index (χ0n) is 22.5. The zero-order valence-corrected chi connectivity index (χ0v) is 24.9. The molecule has 3 aromatic carbocycles. The van der Waals surface area contributed by atoms with Gasteiger partial charge in [-0.3, -0.25) is 4.79 Å². The quantitative estimate of drug-likeness (QED) is 0.164. The van der Waals surface area contributed by atoms with Gasteiger partial charge in [-0.15, -0.1) is 11.3 Å². The summed E-state index contributed by atoms with van der Waals surface area (Å²) in [6.45, 7) is 6.84. The van der Waals surface area contributed by atoms with E-state index in [-0.39, 0.29) is 5.91 Å². The summed E-state index contributed by atoms with van der Waals surface area (Å²) in [7, 11) is 0. The van der Waals surface area contributed by atoms with Gasteiger partial charge in [0.2, 0.25) is 0 Å². The minimum Gasteiger partial charge on any atom is -0.492 e. The Morgan fingerprint density at radius 1 is 0.900 bits per heavy atom. The summed E-state index contributed by atoms with van der Waals surface area (Å²) in [5, 5.41) is 7.43. The maximum absolute atomic E-state index is 12.9. The molecule has 9 heteroatoms. The Kier molecular flexibility index (Phi) is 8.62. The van der Waals surface area contributed by atoms with Gasteiger partial charge in [0.15, 0.2) is 0 Å². The van der Waals surface area contributed by atoms with E-state index in [1.807, 2.05) is 50.2 Å². The number of nitrogens with one attached hydrogen (secondary N) is 2. The molecular weight excluding hydrogens is 588 g/mol. The lowest BCUT2D eigenvalue weighted by atomic mass is 10.0. The SMILES string of the molecule is CCOc1cc(Nc2ncnc3sc(CC)c(-c4ccc(Br)cc4)c23)c(OCC)cc1NC(=O)c1ccccc1. The Morgan fingerprint density at radius 2 is 1.57 bits per heavy atom. The van der Waals surface area contributed by atoms with Gasteiger partial charge >= 0.3 is 0 Å². The third-order valence-electron chi connectivity index (χ3n) is 6.23. The first-order chi connectivity index (χ1) is 19.5. The van der Waals surface area contributed by atoms with Crippen molar-refractivity contribution >= 4 is 60.6 Å². The topological polar surface area (TPSA) is 85.4 Å². The first-order valence-corrected chi connectivity index (χ1v) is 14.7. The van der Waals surface area contributed by atoms with Crippen molar-refractivity contribution in [3.05, 3.63) is 88.0 Å². The highest BCUT2D eigenvalue weighted by molar-refractivity contribution is 9.10. The van der Waals surface area contributed by atoms with Gasteiger partial charge in [-0.2, -0.15) is 0 Å². The Balaban J connectivity index is 1.59. The fraction of sp³-hybridized carbons (Fsp3) is 0.194. The van der Waals surface area contributed by atoms with E-state index in [0.29, 0.717) is 47.5 Å². The number of halogens is 1. The van der Waals surface area contributed by atoms with Gasteiger partial charge in [-0.25, -0.2) is 9.97 Å². The van der Waals surface area contributed by atoms with Crippen LogP contribution in [-0.2, 0) is 6.42 Å². The summed E-state index contributed by atoms with van der Waals surface area (Å²) in [6, 6.07) is 21.0. The predicted octanol–water partition coefficient (Wildman–Crippen LogP) is 8.48. The molecule has 0 radical (unpaired) electrons. The third kappa shape index (κ3) is 5.80. The van der Waals surface area contributed by atoms with E-state index in [9.17, 15) is 4.79 Å². The molecule has 2 N–H and O–H groups in total. The molecule has 0 fully saturated rings. The highest BCUT2D eigenvalue weighted by atomic mass is 79.9. The number of hydrogen-bond donors (Lipinski definition) is 2. The molecule has 7 nitrogen and oxygen atoms in total. The van der Waals surface area contributed by atoms with Crippen molar-refractivity contribution in [2.24, 2.45) is 0 Å². The molecule has 0 bridgehead atoms. The van der Waals surface area contributed by atoms with Crippen LogP contribution in [0.2, 0.25) is 0 Å². The van der Waals surface area contributed by atoms with Crippen molar-refractivity contribution in [1.82, 2.24) is 9.97 Å². The average Bonchev–Trinajstić information content (AvgIpc) is 3.36. The first kappa shape index (κ1) is 27.6. The second-order valence-corrected chi connectivity index (χ2v) is 10.8. The highest BCUT2D eigenvalue weighted by Crippen LogP contribution is 2.44. The van der Waals surface area contributed by atoms with Crippen molar-refractivity contribution < 1.29 is 14.3 Å². The molecule has 0 aliphatic heterocycles. The van der Waals surface area contributed by atoms with Crippen LogP contribution < -0.4 is 20.1 Å². The number of nitrogens with zero attached hydrogens (tertiary/aromatic N) is 2. The van der Waals surface area contributed by atoms with Gasteiger partial charge in [0.25, 0.3) is 5.91 Å². The third-order valence-corrected chi connectivity index (χ3v) is 8.00. The molecule has 0 aliphatic carbocycles. The van der Waals surface area contributed by atoms with E-state index >= 15 is 0 Å². The van der Waals surface area contributed by atoms with Crippen molar-refractivity contribution in [3.63, 3.8) is 0 Å². The molecule has 204 valence electrons. The Labute approximate surface area is 245 Å². The standard InChI is InChI=1S/C31H29BrN4O3S/c1-4-26-27(19-12-14-21(32)15-13-19)28-29(33-18-34-31(28)40-26)35-22-16-25(39-6-3)23(17-24(22)38-5-2)36-30(37)20-10-8-7-9-11-20/h7-18H,4-6H2,1-3H3,(H,36,37)(H,33,34,35). The summed E-state index contributed by atoms with van der Waals surface area (Å²) in [4.78, 5) is 24.3. The van der Waals surface area contributed by atoms with E-state index in [1.54, 1.807) is 35.9 Å². The van der Waals surface area contributed by atoms with Crippen LogP contribution in [0.4, 0.5) is 17.2 Å². The van der Waals surface area contributed by atoms with E-state index < -0.39 is 0 Å². The normalized spacial score (nSPS) is 10.9. The predicted molar refractivity (Wildman–Crippen MR) is 166 cm³/mol. The fourth-order valence-electron chi connectivity index (χ4n) is 4.46. The number of thiophene rings is 1. The number of aromatic nitrogens is 2.